The van der Waals surface area contributed by atoms with Crippen LogP contribution in [0.1, 0.15) is 11.3 Å². The molecule has 1 aliphatic rings. The Hall–Kier alpha value is -2.94. The van der Waals surface area contributed by atoms with Crippen molar-refractivity contribution >= 4 is 63.9 Å². The zero-order valence-electron chi connectivity index (χ0n) is 16.8. The SMILES string of the molecule is Cc1cccc(NC(=O)CN2C(=O)S/C(=C\c3ccc(Sc4ccc(Cl)cc4)o3)C2=O)c1. The van der Waals surface area contributed by atoms with Gasteiger partial charge in [-0.15, -0.1) is 0 Å². The van der Waals surface area contributed by atoms with Crippen LogP contribution in [0.2, 0.25) is 5.02 Å². The van der Waals surface area contributed by atoms with Gasteiger partial charge in [0.25, 0.3) is 11.1 Å². The number of anilines is 1. The number of hydrogen-bond acceptors (Lipinski definition) is 6. The van der Waals surface area contributed by atoms with Crippen molar-refractivity contribution in [2.24, 2.45) is 0 Å². The quantitative estimate of drug-likeness (QED) is 0.428. The molecule has 0 unspecified atom stereocenters. The average Bonchev–Trinajstić information content (AvgIpc) is 3.29. The van der Waals surface area contributed by atoms with Crippen LogP contribution in [-0.4, -0.2) is 28.5 Å². The molecule has 3 amide bonds. The molecule has 9 heteroatoms. The molecule has 2 heterocycles. The monoisotopic (exact) mass is 484 g/mol. The Kier molecular flexibility index (Phi) is 6.74. The van der Waals surface area contributed by atoms with Crippen LogP contribution in [0, 0.1) is 6.92 Å². The lowest BCUT2D eigenvalue weighted by atomic mass is 10.2. The fourth-order valence-corrected chi connectivity index (χ4v) is 4.64. The Labute approximate surface area is 198 Å². The van der Waals surface area contributed by atoms with E-state index in [2.05, 4.69) is 5.32 Å². The summed E-state index contributed by atoms with van der Waals surface area (Å²) in [6.45, 7) is 1.55. The van der Waals surface area contributed by atoms with Gasteiger partial charge in [-0.3, -0.25) is 19.3 Å². The van der Waals surface area contributed by atoms with Crippen molar-refractivity contribution in [3.8, 4) is 0 Å². The van der Waals surface area contributed by atoms with Crippen LogP contribution >= 0.6 is 35.1 Å². The van der Waals surface area contributed by atoms with Crippen LogP contribution in [-0.2, 0) is 9.59 Å². The molecule has 1 N–H and O–H groups in total. The number of carbonyl (C=O) groups is 3. The second-order valence-corrected chi connectivity index (χ2v) is 9.41. The van der Waals surface area contributed by atoms with E-state index in [0.717, 1.165) is 27.1 Å². The standard InChI is InChI=1S/C23H17ClN2O4S2/c1-14-3-2-4-16(11-14)25-20(27)13-26-22(28)19(32-23(26)29)12-17-7-10-21(30-17)31-18-8-5-15(24)6-9-18/h2-12H,13H2,1H3,(H,25,27)/b19-12-. The van der Waals surface area contributed by atoms with Crippen molar-refractivity contribution in [3.05, 3.63) is 81.9 Å². The van der Waals surface area contributed by atoms with Gasteiger partial charge in [0.15, 0.2) is 5.09 Å². The van der Waals surface area contributed by atoms with Crippen molar-refractivity contribution in [2.45, 2.75) is 16.9 Å². The number of nitrogens with zero attached hydrogens (tertiary/aromatic N) is 1. The molecular formula is C23H17ClN2O4S2. The maximum Gasteiger partial charge on any atom is 0.294 e. The van der Waals surface area contributed by atoms with Gasteiger partial charge in [0.2, 0.25) is 5.91 Å². The normalized spacial score (nSPS) is 14.9. The number of benzene rings is 2. The molecule has 0 atom stereocenters. The number of furan rings is 1. The first-order valence-electron chi connectivity index (χ1n) is 9.52. The van der Waals surface area contributed by atoms with Gasteiger partial charge in [-0.05, 0) is 72.8 Å². The highest BCUT2D eigenvalue weighted by molar-refractivity contribution is 8.18. The van der Waals surface area contributed by atoms with E-state index in [-0.39, 0.29) is 11.4 Å². The van der Waals surface area contributed by atoms with Gasteiger partial charge < -0.3 is 9.73 Å². The van der Waals surface area contributed by atoms with Crippen molar-refractivity contribution in [2.75, 3.05) is 11.9 Å². The summed E-state index contributed by atoms with van der Waals surface area (Å²) < 4.78 is 5.75. The third kappa shape index (κ3) is 5.45. The lowest BCUT2D eigenvalue weighted by molar-refractivity contribution is -0.127. The Morgan fingerprint density at radius 2 is 1.94 bits per heavy atom. The van der Waals surface area contributed by atoms with E-state index < -0.39 is 17.1 Å². The van der Waals surface area contributed by atoms with Crippen molar-refractivity contribution in [3.63, 3.8) is 0 Å². The molecule has 0 saturated carbocycles. The molecule has 162 valence electrons. The average molecular weight is 485 g/mol. The van der Waals surface area contributed by atoms with E-state index in [4.69, 9.17) is 16.0 Å². The maximum atomic E-state index is 12.7. The first-order valence-corrected chi connectivity index (χ1v) is 11.5. The molecule has 1 aromatic heterocycles. The molecular weight excluding hydrogens is 468 g/mol. The molecule has 4 rings (SSSR count). The topological polar surface area (TPSA) is 79.6 Å². The highest BCUT2D eigenvalue weighted by atomic mass is 35.5. The van der Waals surface area contributed by atoms with E-state index in [1.54, 1.807) is 30.3 Å². The summed E-state index contributed by atoms with van der Waals surface area (Å²) in [7, 11) is 0. The van der Waals surface area contributed by atoms with Gasteiger partial charge in [0.05, 0.1) is 4.91 Å². The lowest BCUT2D eigenvalue weighted by Crippen LogP contribution is -2.36. The van der Waals surface area contributed by atoms with E-state index in [0.29, 0.717) is 21.6 Å². The molecule has 0 bridgehead atoms. The number of imide groups is 1. The zero-order valence-corrected chi connectivity index (χ0v) is 19.2. The van der Waals surface area contributed by atoms with Crippen LogP contribution in [0.3, 0.4) is 0 Å². The number of carbonyl (C=O) groups excluding carboxylic acids is 3. The summed E-state index contributed by atoms with van der Waals surface area (Å²) in [5, 5.41) is 3.49. The summed E-state index contributed by atoms with van der Waals surface area (Å²) in [6.07, 6.45) is 1.51. The summed E-state index contributed by atoms with van der Waals surface area (Å²) in [5.74, 6) is -0.530. The Morgan fingerprint density at radius 1 is 1.16 bits per heavy atom. The van der Waals surface area contributed by atoms with Gasteiger partial charge in [-0.2, -0.15) is 0 Å². The molecule has 32 heavy (non-hydrogen) atoms. The molecule has 3 aromatic rings. The fourth-order valence-electron chi connectivity index (χ4n) is 2.92. The second-order valence-electron chi connectivity index (χ2n) is 6.90. The summed E-state index contributed by atoms with van der Waals surface area (Å²) in [6, 6.07) is 18.1. The van der Waals surface area contributed by atoms with Crippen LogP contribution in [0.4, 0.5) is 10.5 Å². The van der Waals surface area contributed by atoms with Crippen molar-refractivity contribution in [1.29, 1.82) is 0 Å². The second kappa shape index (κ2) is 9.68. The van der Waals surface area contributed by atoms with Gasteiger partial charge >= 0.3 is 0 Å². The zero-order chi connectivity index (χ0) is 22.7. The Bertz CT molecular complexity index is 1220. The minimum absolute atomic E-state index is 0.204. The Morgan fingerprint density at radius 3 is 2.69 bits per heavy atom. The molecule has 2 aromatic carbocycles. The Balaban J connectivity index is 1.40. The molecule has 6 nitrogen and oxygen atoms in total. The van der Waals surface area contributed by atoms with Crippen LogP contribution in [0.5, 0.6) is 0 Å². The number of aryl methyl sites for hydroxylation is 1. The first-order chi connectivity index (χ1) is 15.4. The minimum Gasteiger partial charge on any atom is -0.450 e. The maximum absolute atomic E-state index is 12.7. The minimum atomic E-state index is -0.525. The van der Waals surface area contributed by atoms with Gasteiger partial charge in [-0.25, -0.2) is 0 Å². The molecule has 1 aliphatic heterocycles. The highest BCUT2D eigenvalue weighted by Gasteiger charge is 2.36. The predicted molar refractivity (Wildman–Crippen MR) is 127 cm³/mol. The number of hydrogen-bond donors (Lipinski definition) is 1. The van der Waals surface area contributed by atoms with Gasteiger partial charge in [0.1, 0.15) is 12.3 Å². The number of halogens is 1. The van der Waals surface area contributed by atoms with Crippen LogP contribution in [0.15, 0.2) is 80.0 Å². The number of thioether (sulfide) groups is 1. The molecule has 0 radical (unpaired) electrons. The fraction of sp³-hybridized carbons (Fsp3) is 0.0870. The molecule has 0 aliphatic carbocycles. The molecule has 1 saturated heterocycles. The van der Waals surface area contributed by atoms with Crippen LogP contribution in [0.25, 0.3) is 6.08 Å². The highest BCUT2D eigenvalue weighted by Crippen LogP contribution is 2.34. The predicted octanol–water partition coefficient (Wildman–Crippen LogP) is 6.07. The third-order valence-electron chi connectivity index (χ3n) is 4.38. The largest absolute Gasteiger partial charge is 0.450 e. The lowest BCUT2D eigenvalue weighted by Gasteiger charge is -2.12. The summed E-state index contributed by atoms with van der Waals surface area (Å²) in [4.78, 5) is 39.4. The number of rotatable bonds is 6. The van der Waals surface area contributed by atoms with Crippen molar-refractivity contribution < 1.29 is 18.8 Å². The van der Waals surface area contributed by atoms with E-state index >= 15 is 0 Å². The smallest absolute Gasteiger partial charge is 0.294 e. The molecule has 0 spiro atoms. The molecule has 1 fully saturated rings. The third-order valence-corrected chi connectivity index (χ3v) is 6.47. The van der Waals surface area contributed by atoms with Gasteiger partial charge in [-0.1, -0.05) is 35.5 Å². The van der Waals surface area contributed by atoms with E-state index in [1.807, 2.05) is 37.3 Å². The van der Waals surface area contributed by atoms with Crippen molar-refractivity contribution in [1.82, 2.24) is 4.90 Å². The van der Waals surface area contributed by atoms with Gasteiger partial charge in [0, 0.05) is 21.7 Å². The van der Waals surface area contributed by atoms with Crippen LogP contribution < -0.4 is 5.32 Å². The number of nitrogens with one attached hydrogen (secondary N) is 1. The van der Waals surface area contributed by atoms with E-state index in [9.17, 15) is 14.4 Å². The summed E-state index contributed by atoms with van der Waals surface area (Å²) in [5.41, 5.74) is 1.60. The number of amides is 3. The first kappa shape index (κ1) is 22.3. The summed E-state index contributed by atoms with van der Waals surface area (Å²) >= 11 is 8.09. The van der Waals surface area contributed by atoms with E-state index in [1.165, 1.54) is 17.8 Å².